The van der Waals surface area contributed by atoms with Crippen molar-refractivity contribution in [3.05, 3.63) is 72.9 Å². The van der Waals surface area contributed by atoms with Gasteiger partial charge in [-0.15, -0.1) is 0 Å². The molecule has 0 aromatic carbocycles. The lowest BCUT2D eigenvalue weighted by Crippen LogP contribution is -2.60. The van der Waals surface area contributed by atoms with E-state index in [-0.39, 0.29) is 24.9 Å². The molecule has 1 rings (SSSR count). The number of carbonyl (C=O) groups excluding carboxylic acids is 2. The van der Waals surface area contributed by atoms with E-state index in [1.54, 1.807) is 6.08 Å². The second-order valence-electron chi connectivity index (χ2n) is 17.5. The van der Waals surface area contributed by atoms with Crippen LogP contribution in [0.3, 0.4) is 0 Å². The van der Waals surface area contributed by atoms with Crippen LogP contribution in [-0.2, 0) is 23.8 Å². The lowest BCUT2D eigenvalue weighted by Gasteiger charge is -2.40. The summed E-state index contributed by atoms with van der Waals surface area (Å²) in [4.78, 5) is 25.0. The highest BCUT2D eigenvalue weighted by Gasteiger charge is 2.44. The minimum absolute atomic E-state index is 0.0563. The van der Waals surface area contributed by atoms with Gasteiger partial charge in [0.25, 0.3) is 0 Å². The molecule has 1 aliphatic rings. The van der Waals surface area contributed by atoms with Crippen LogP contribution >= 0.6 is 0 Å². The highest BCUT2D eigenvalue weighted by atomic mass is 16.7. The minimum Gasteiger partial charge on any atom is -0.466 e. The predicted molar refractivity (Wildman–Crippen MR) is 264 cm³/mol. The topological polar surface area (TPSA) is 175 Å². The van der Waals surface area contributed by atoms with Gasteiger partial charge < -0.3 is 45.1 Å². The van der Waals surface area contributed by atoms with E-state index in [0.717, 1.165) is 77.0 Å². The van der Waals surface area contributed by atoms with Crippen molar-refractivity contribution in [2.45, 2.75) is 236 Å². The van der Waals surface area contributed by atoms with E-state index in [2.05, 4.69) is 67.8 Å². The number of aliphatic hydroxyl groups excluding tert-OH is 5. The number of aliphatic hydroxyl groups is 5. The van der Waals surface area contributed by atoms with Gasteiger partial charge in [0.05, 0.1) is 32.0 Å². The van der Waals surface area contributed by atoms with Crippen LogP contribution in [0.5, 0.6) is 0 Å². The summed E-state index contributed by atoms with van der Waals surface area (Å²) < 4.78 is 16.6. The van der Waals surface area contributed by atoms with Crippen molar-refractivity contribution >= 4 is 11.9 Å². The maximum Gasteiger partial charge on any atom is 0.305 e. The zero-order valence-corrected chi connectivity index (χ0v) is 40.7. The number of hydrogen-bond acceptors (Lipinski definition) is 10. The Morgan fingerprint density at radius 2 is 1.06 bits per heavy atom. The normalized spacial score (nSPS) is 20.4. The smallest absolute Gasteiger partial charge is 0.305 e. The van der Waals surface area contributed by atoms with Crippen LogP contribution < -0.4 is 5.32 Å². The van der Waals surface area contributed by atoms with Gasteiger partial charge in [-0.2, -0.15) is 0 Å². The Morgan fingerprint density at radius 1 is 0.569 bits per heavy atom. The van der Waals surface area contributed by atoms with Crippen molar-refractivity contribution in [3.63, 3.8) is 0 Å². The summed E-state index contributed by atoms with van der Waals surface area (Å²) >= 11 is 0. The van der Waals surface area contributed by atoms with Gasteiger partial charge in [-0.3, -0.25) is 9.59 Å². The Kier molecular flexibility index (Phi) is 40.4. The van der Waals surface area contributed by atoms with Gasteiger partial charge in [-0.05, 0) is 96.3 Å². The van der Waals surface area contributed by atoms with E-state index in [1.165, 1.54) is 77.0 Å². The average molecular weight is 916 g/mol. The summed E-state index contributed by atoms with van der Waals surface area (Å²) in [6.45, 7) is 4.11. The van der Waals surface area contributed by atoms with Gasteiger partial charge in [0.15, 0.2) is 6.29 Å². The number of ether oxygens (including phenoxy) is 3. The standard InChI is InChI=1S/C54H93NO10/c1-3-5-7-9-11-13-14-15-16-19-22-26-30-34-38-42-50(59)63-43-39-35-31-27-23-20-17-18-21-25-29-33-37-41-49(58)55-46(47(57)40-36-32-28-24-12-10-8-6-4-2)45-64-54-53(62)52(61)51(60)48(44-56)65-54/h11-13,15-16,18,21,24,29,33,36,40,46-48,51-54,56-57,60-62H,3-10,14,17,19-20,22-23,25-28,30-32,34-35,37-39,41-45H2,1-2H3,(H,55,58)/b13-11-,16-15-,21-18-,24-12+,33-29-,40-36+. The summed E-state index contributed by atoms with van der Waals surface area (Å²) in [5, 5.41) is 53.9. The monoisotopic (exact) mass is 916 g/mol. The van der Waals surface area contributed by atoms with Gasteiger partial charge in [0, 0.05) is 12.8 Å². The summed E-state index contributed by atoms with van der Waals surface area (Å²) in [5.41, 5.74) is 0. The predicted octanol–water partition coefficient (Wildman–Crippen LogP) is 10.5. The molecule has 1 heterocycles. The van der Waals surface area contributed by atoms with Crippen molar-refractivity contribution in [1.29, 1.82) is 0 Å². The van der Waals surface area contributed by atoms with Crippen LogP contribution in [0.15, 0.2) is 72.9 Å². The number of carbonyl (C=O) groups is 2. The molecule has 6 N–H and O–H groups in total. The molecule has 11 nitrogen and oxygen atoms in total. The van der Waals surface area contributed by atoms with E-state index < -0.39 is 49.5 Å². The molecule has 7 unspecified atom stereocenters. The third-order valence-electron chi connectivity index (χ3n) is 11.5. The number of rotatable bonds is 42. The van der Waals surface area contributed by atoms with Crippen molar-refractivity contribution in [2.24, 2.45) is 0 Å². The summed E-state index contributed by atoms with van der Waals surface area (Å²) in [5.74, 6) is -0.335. The Morgan fingerprint density at radius 3 is 1.65 bits per heavy atom. The van der Waals surface area contributed by atoms with Gasteiger partial charge >= 0.3 is 5.97 Å². The lowest BCUT2D eigenvalue weighted by atomic mass is 9.99. The van der Waals surface area contributed by atoms with Gasteiger partial charge in [-0.1, -0.05) is 157 Å². The van der Waals surface area contributed by atoms with E-state index in [1.807, 2.05) is 18.2 Å². The Hall–Kier alpha value is -2.90. The molecule has 7 atom stereocenters. The van der Waals surface area contributed by atoms with Crippen LogP contribution in [0.25, 0.3) is 0 Å². The van der Waals surface area contributed by atoms with Crippen LogP contribution in [0.1, 0.15) is 194 Å². The highest BCUT2D eigenvalue weighted by molar-refractivity contribution is 5.76. The maximum absolute atomic E-state index is 12.9. The molecule has 1 saturated heterocycles. The number of hydrogen-bond donors (Lipinski definition) is 6. The number of nitrogens with one attached hydrogen (secondary N) is 1. The second kappa shape index (κ2) is 43.7. The molecule has 1 amide bonds. The quantitative estimate of drug-likeness (QED) is 0.0196. The molecule has 0 spiro atoms. The molecule has 0 radical (unpaired) electrons. The third kappa shape index (κ3) is 34.1. The molecule has 1 aliphatic heterocycles. The van der Waals surface area contributed by atoms with Crippen molar-refractivity contribution < 1.29 is 49.3 Å². The lowest BCUT2D eigenvalue weighted by molar-refractivity contribution is -0.302. The van der Waals surface area contributed by atoms with Crippen LogP contribution in [0.4, 0.5) is 0 Å². The molecule has 0 aliphatic carbocycles. The first-order valence-electron chi connectivity index (χ1n) is 25.7. The van der Waals surface area contributed by atoms with Crippen molar-refractivity contribution in [1.82, 2.24) is 5.32 Å². The summed E-state index contributed by atoms with van der Waals surface area (Å²) in [6.07, 6.45) is 45.8. The third-order valence-corrected chi connectivity index (χ3v) is 11.5. The number of esters is 1. The number of amides is 1. The van der Waals surface area contributed by atoms with Crippen LogP contribution in [0, 0.1) is 0 Å². The van der Waals surface area contributed by atoms with E-state index in [4.69, 9.17) is 14.2 Å². The largest absolute Gasteiger partial charge is 0.466 e. The zero-order chi connectivity index (χ0) is 47.4. The Labute approximate surface area is 394 Å². The fraction of sp³-hybridized carbons (Fsp3) is 0.741. The summed E-state index contributed by atoms with van der Waals surface area (Å²) in [7, 11) is 0. The van der Waals surface area contributed by atoms with Gasteiger partial charge in [-0.25, -0.2) is 0 Å². The molecule has 11 heteroatoms. The average Bonchev–Trinajstić information content (AvgIpc) is 3.30. The highest BCUT2D eigenvalue weighted by Crippen LogP contribution is 2.22. The van der Waals surface area contributed by atoms with Gasteiger partial charge in [0.2, 0.25) is 5.91 Å². The first-order valence-corrected chi connectivity index (χ1v) is 25.7. The zero-order valence-electron chi connectivity index (χ0n) is 40.7. The second-order valence-corrected chi connectivity index (χ2v) is 17.5. The van der Waals surface area contributed by atoms with E-state index in [0.29, 0.717) is 25.9 Å². The fourth-order valence-electron chi connectivity index (χ4n) is 7.35. The van der Waals surface area contributed by atoms with Crippen LogP contribution in [-0.4, -0.2) is 100 Å². The van der Waals surface area contributed by atoms with Crippen molar-refractivity contribution in [2.75, 3.05) is 19.8 Å². The summed E-state index contributed by atoms with van der Waals surface area (Å²) in [6, 6.07) is -0.872. The number of allylic oxidation sites excluding steroid dienone is 11. The molecular weight excluding hydrogens is 823 g/mol. The molecular formula is C54H93NO10. The maximum atomic E-state index is 12.9. The molecule has 374 valence electrons. The molecule has 0 aromatic rings. The fourth-order valence-corrected chi connectivity index (χ4v) is 7.35. The molecule has 0 bridgehead atoms. The molecule has 0 aromatic heterocycles. The Balaban J connectivity index is 2.18. The van der Waals surface area contributed by atoms with E-state index in [9.17, 15) is 35.1 Å². The minimum atomic E-state index is -1.59. The first kappa shape index (κ1) is 60.1. The number of unbranched alkanes of at least 4 members (excludes halogenated alkanes) is 18. The van der Waals surface area contributed by atoms with Gasteiger partial charge in [0.1, 0.15) is 24.4 Å². The SMILES string of the molecule is CCCCC/C=C\C/C=C\CCCCCCCC(=O)OCCCCCCCC/C=C\C/C=C\CCC(=O)NC(COC1OC(CO)C(O)C(O)C1O)C(O)/C=C/CC/C=C/CCCCC. The molecule has 1 fully saturated rings. The van der Waals surface area contributed by atoms with Crippen molar-refractivity contribution in [3.8, 4) is 0 Å². The van der Waals surface area contributed by atoms with E-state index >= 15 is 0 Å². The van der Waals surface area contributed by atoms with Crippen LogP contribution in [0.2, 0.25) is 0 Å². The molecule has 65 heavy (non-hydrogen) atoms. The first-order chi connectivity index (χ1) is 31.7. The molecule has 0 saturated carbocycles. The Bertz CT molecular complexity index is 1310.